The molecule has 1 heterocycles. The number of rotatable bonds is 5. The molecule has 1 aromatic carbocycles. The largest absolute Gasteiger partial charge is 0.362 e. The van der Waals surface area contributed by atoms with E-state index < -0.39 is 0 Å². The maximum Gasteiger partial charge on any atom is 0.251 e. The Balaban J connectivity index is 1.52. The molecule has 7 heteroatoms. The molecular weight excluding hydrogens is 374 g/mol. The molecule has 0 aliphatic heterocycles. The lowest BCUT2D eigenvalue weighted by Gasteiger charge is -2.30. The first-order valence-corrected chi connectivity index (χ1v) is 10.1. The van der Waals surface area contributed by atoms with Crippen molar-refractivity contribution in [3.8, 4) is 0 Å². The Morgan fingerprint density at radius 3 is 2.43 bits per heavy atom. The molecule has 1 saturated carbocycles. The Bertz CT molecular complexity index is 847. The van der Waals surface area contributed by atoms with Crippen LogP contribution in [0.25, 0.3) is 0 Å². The number of nitrogens with zero attached hydrogens (tertiary/aromatic N) is 3. The lowest BCUT2D eigenvalue weighted by atomic mass is 9.91. The molecule has 6 nitrogen and oxygen atoms in total. The van der Waals surface area contributed by atoms with E-state index in [1.165, 1.54) is 0 Å². The Morgan fingerprint density at radius 2 is 1.79 bits per heavy atom. The molecule has 3 rings (SSSR count). The number of halogens is 1. The van der Waals surface area contributed by atoms with Crippen LogP contribution in [0.3, 0.4) is 0 Å². The summed E-state index contributed by atoms with van der Waals surface area (Å²) in [6.45, 7) is 3.92. The molecule has 1 amide bonds. The number of carbonyl (C=O) groups is 1. The van der Waals surface area contributed by atoms with E-state index in [2.05, 4.69) is 20.6 Å². The van der Waals surface area contributed by atoms with E-state index in [4.69, 9.17) is 11.6 Å². The Kier molecular flexibility index (Phi) is 6.39. The Labute approximate surface area is 171 Å². The number of aromatic nitrogens is 2. The molecule has 0 radical (unpaired) electrons. The van der Waals surface area contributed by atoms with Crippen LogP contribution >= 0.6 is 11.6 Å². The minimum absolute atomic E-state index is 0.0336. The maximum absolute atomic E-state index is 12.5. The zero-order valence-electron chi connectivity index (χ0n) is 16.9. The Morgan fingerprint density at radius 1 is 1.11 bits per heavy atom. The molecule has 150 valence electrons. The molecule has 0 unspecified atom stereocenters. The number of nitrogens with one attached hydrogen (secondary N) is 2. The van der Waals surface area contributed by atoms with Crippen LogP contribution in [-0.4, -0.2) is 42.1 Å². The number of hydrogen-bond donors (Lipinski definition) is 2. The predicted molar refractivity (Wildman–Crippen MR) is 114 cm³/mol. The minimum Gasteiger partial charge on any atom is -0.362 e. The van der Waals surface area contributed by atoms with Crippen molar-refractivity contribution in [2.24, 2.45) is 0 Å². The second-order valence-corrected chi connectivity index (χ2v) is 8.13. The first-order chi connectivity index (χ1) is 13.3. The van der Waals surface area contributed by atoms with Crippen LogP contribution in [0.2, 0.25) is 5.02 Å². The van der Waals surface area contributed by atoms with Crippen molar-refractivity contribution in [2.45, 2.75) is 51.6 Å². The summed E-state index contributed by atoms with van der Waals surface area (Å²) in [5.41, 5.74) is 2.63. The second-order valence-electron chi connectivity index (χ2n) is 7.72. The molecule has 1 aliphatic carbocycles. The van der Waals surface area contributed by atoms with Crippen molar-refractivity contribution in [3.63, 3.8) is 0 Å². The molecule has 1 fully saturated rings. The van der Waals surface area contributed by atoms with Gasteiger partial charge in [-0.25, -0.2) is 4.98 Å². The average molecular weight is 402 g/mol. The summed E-state index contributed by atoms with van der Waals surface area (Å²) in [6, 6.07) is 5.90. The van der Waals surface area contributed by atoms with E-state index in [1.807, 2.05) is 45.1 Å². The van der Waals surface area contributed by atoms with E-state index in [0.717, 1.165) is 42.6 Å². The van der Waals surface area contributed by atoms with Gasteiger partial charge in [-0.05, 0) is 63.3 Å². The van der Waals surface area contributed by atoms with Gasteiger partial charge in [0.2, 0.25) is 5.95 Å². The van der Waals surface area contributed by atoms with E-state index in [-0.39, 0.29) is 11.9 Å². The van der Waals surface area contributed by atoms with Crippen molar-refractivity contribution in [3.05, 3.63) is 46.1 Å². The van der Waals surface area contributed by atoms with Gasteiger partial charge in [-0.2, -0.15) is 4.98 Å². The molecule has 0 spiro atoms. The highest BCUT2D eigenvalue weighted by Crippen LogP contribution is 2.23. The fraction of sp³-hybridized carbons (Fsp3) is 0.476. The number of hydrogen-bond acceptors (Lipinski definition) is 5. The van der Waals surface area contributed by atoms with Gasteiger partial charge in [0.1, 0.15) is 5.82 Å². The van der Waals surface area contributed by atoms with Crippen molar-refractivity contribution in [1.82, 2.24) is 15.3 Å². The van der Waals surface area contributed by atoms with Crippen LogP contribution in [0, 0.1) is 13.8 Å². The highest BCUT2D eigenvalue weighted by Gasteiger charge is 2.23. The standard InChI is InChI=1S/C21H28ClN5O/c1-13-11-15(5-10-18(13)22)20(28)24-16-6-8-17(9-7-16)25-21-23-12-14(2)19(26-21)27(3)4/h5,10-12,16-17H,6-9H2,1-4H3,(H,24,28)(H,23,25,26). The normalized spacial score (nSPS) is 19.2. The first-order valence-electron chi connectivity index (χ1n) is 9.68. The molecule has 1 aliphatic rings. The minimum atomic E-state index is -0.0336. The van der Waals surface area contributed by atoms with Crippen LogP contribution in [-0.2, 0) is 0 Å². The van der Waals surface area contributed by atoms with Crippen LogP contribution in [0.15, 0.2) is 24.4 Å². The topological polar surface area (TPSA) is 70.2 Å². The third-order valence-electron chi connectivity index (χ3n) is 5.18. The maximum atomic E-state index is 12.5. The molecule has 28 heavy (non-hydrogen) atoms. The number of amides is 1. The lowest BCUT2D eigenvalue weighted by molar-refractivity contribution is 0.0926. The van der Waals surface area contributed by atoms with Gasteiger partial charge in [-0.3, -0.25) is 4.79 Å². The van der Waals surface area contributed by atoms with Crippen LogP contribution in [0.5, 0.6) is 0 Å². The van der Waals surface area contributed by atoms with Gasteiger partial charge in [0, 0.05) is 48.5 Å². The summed E-state index contributed by atoms with van der Waals surface area (Å²) < 4.78 is 0. The van der Waals surface area contributed by atoms with Gasteiger partial charge in [-0.15, -0.1) is 0 Å². The van der Waals surface area contributed by atoms with Gasteiger partial charge in [0.15, 0.2) is 0 Å². The quantitative estimate of drug-likeness (QED) is 0.793. The zero-order valence-corrected chi connectivity index (χ0v) is 17.7. The van der Waals surface area contributed by atoms with E-state index in [9.17, 15) is 4.79 Å². The summed E-state index contributed by atoms with van der Waals surface area (Å²) in [6.07, 6.45) is 5.66. The molecule has 0 saturated heterocycles. The lowest BCUT2D eigenvalue weighted by Crippen LogP contribution is -2.40. The van der Waals surface area contributed by atoms with Gasteiger partial charge < -0.3 is 15.5 Å². The zero-order chi connectivity index (χ0) is 20.3. The monoisotopic (exact) mass is 401 g/mol. The third kappa shape index (κ3) is 4.93. The molecule has 0 bridgehead atoms. The van der Waals surface area contributed by atoms with Gasteiger partial charge in [0.25, 0.3) is 5.91 Å². The van der Waals surface area contributed by atoms with Crippen molar-refractivity contribution in [1.29, 1.82) is 0 Å². The number of anilines is 2. The van der Waals surface area contributed by atoms with Crippen LogP contribution in [0.1, 0.15) is 47.2 Å². The van der Waals surface area contributed by atoms with Crippen molar-refractivity contribution in [2.75, 3.05) is 24.3 Å². The second kappa shape index (κ2) is 8.78. The smallest absolute Gasteiger partial charge is 0.251 e. The summed E-state index contributed by atoms with van der Waals surface area (Å²) in [7, 11) is 3.96. The summed E-state index contributed by atoms with van der Waals surface area (Å²) >= 11 is 6.04. The fourth-order valence-corrected chi connectivity index (χ4v) is 3.69. The highest BCUT2D eigenvalue weighted by atomic mass is 35.5. The fourth-order valence-electron chi connectivity index (χ4n) is 3.57. The van der Waals surface area contributed by atoms with Crippen molar-refractivity contribution < 1.29 is 4.79 Å². The third-order valence-corrected chi connectivity index (χ3v) is 5.61. The predicted octanol–water partition coefficient (Wildman–Crippen LogP) is 3.97. The number of benzene rings is 1. The SMILES string of the molecule is Cc1cc(C(=O)NC2CCC(Nc3ncc(C)c(N(C)C)n3)CC2)ccc1Cl. The van der Waals surface area contributed by atoms with Gasteiger partial charge >= 0.3 is 0 Å². The van der Waals surface area contributed by atoms with Gasteiger partial charge in [-0.1, -0.05) is 11.6 Å². The Hall–Kier alpha value is -2.34. The van der Waals surface area contributed by atoms with Crippen molar-refractivity contribution >= 4 is 29.3 Å². The molecule has 0 atom stereocenters. The molecule has 2 N–H and O–H groups in total. The molecule has 2 aromatic rings. The van der Waals surface area contributed by atoms with E-state index in [1.54, 1.807) is 12.1 Å². The number of aryl methyl sites for hydroxylation is 2. The molecule has 1 aromatic heterocycles. The summed E-state index contributed by atoms with van der Waals surface area (Å²) in [5, 5.41) is 7.28. The average Bonchev–Trinajstić information content (AvgIpc) is 2.66. The summed E-state index contributed by atoms with van der Waals surface area (Å²) in [4.78, 5) is 23.5. The van der Waals surface area contributed by atoms with Gasteiger partial charge in [0.05, 0.1) is 0 Å². The van der Waals surface area contributed by atoms with Crippen LogP contribution < -0.4 is 15.5 Å². The van der Waals surface area contributed by atoms with E-state index >= 15 is 0 Å². The summed E-state index contributed by atoms with van der Waals surface area (Å²) in [5.74, 6) is 1.56. The first kappa shape index (κ1) is 20.4. The van der Waals surface area contributed by atoms with E-state index in [0.29, 0.717) is 22.6 Å². The molecular formula is C21H28ClN5O. The number of carbonyl (C=O) groups excluding carboxylic acids is 1. The van der Waals surface area contributed by atoms with Crippen LogP contribution in [0.4, 0.5) is 11.8 Å². The highest BCUT2D eigenvalue weighted by molar-refractivity contribution is 6.31.